The molecule has 0 spiro atoms. The molecule has 0 saturated carbocycles. The van der Waals surface area contributed by atoms with Gasteiger partial charge in [0.1, 0.15) is 18.0 Å². The van der Waals surface area contributed by atoms with E-state index in [1.165, 1.54) is 18.5 Å². The molecule has 2 heterocycles. The summed E-state index contributed by atoms with van der Waals surface area (Å²) in [5.74, 6) is -1.26. The Labute approximate surface area is 147 Å². The number of para-hydroxylation sites is 1. The van der Waals surface area contributed by atoms with Gasteiger partial charge in [-0.15, -0.1) is 0 Å². The van der Waals surface area contributed by atoms with Crippen LogP contribution < -0.4 is 5.73 Å². The lowest BCUT2D eigenvalue weighted by Gasteiger charge is -2.15. The molecular formula is C19H15F2N5. The lowest BCUT2D eigenvalue weighted by Crippen LogP contribution is -2.16. The van der Waals surface area contributed by atoms with Crippen LogP contribution in [0.5, 0.6) is 0 Å². The van der Waals surface area contributed by atoms with Crippen LogP contribution in [-0.4, -0.2) is 19.9 Å². The van der Waals surface area contributed by atoms with E-state index in [0.29, 0.717) is 11.3 Å². The van der Waals surface area contributed by atoms with Crippen LogP contribution in [0.2, 0.25) is 0 Å². The first-order chi connectivity index (χ1) is 12.6. The number of nitrogens with one attached hydrogen (secondary N) is 1. The van der Waals surface area contributed by atoms with Crippen molar-refractivity contribution >= 4 is 11.0 Å². The molecule has 2 aromatic carbocycles. The number of halogens is 2. The summed E-state index contributed by atoms with van der Waals surface area (Å²) >= 11 is 0. The first kappa shape index (κ1) is 16.3. The third-order valence-corrected chi connectivity index (χ3v) is 4.21. The van der Waals surface area contributed by atoms with Gasteiger partial charge in [0.15, 0.2) is 0 Å². The number of aromatic amines is 1. The van der Waals surface area contributed by atoms with E-state index in [9.17, 15) is 8.78 Å². The van der Waals surface area contributed by atoms with Crippen molar-refractivity contribution in [2.75, 3.05) is 0 Å². The number of hydrogen-bond donors (Lipinski definition) is 2. The topological polar surface area (TPSA) is 80.5 Å². The third kappa shape index (κ3) is 3.04. The number of aromatic nitrogens is 4. The second-order valence-electron chi connectivity index (χ2n) is 6.01. The van der Waals surface area contributed by atoms with Crippen molar-refractivity contribution in [3.63, 3.8) is 0 Å². The van der Waals surface area contributed by atoms with E-state index in [2.05, 4.69) is 19.9 Å². The Hall–Kier alpha value is -3.19. The minimum atomic E-state index is -0.628. The van der Waals surface area contributed by atoms with Crippen LogP contribution in [0.15, 0.2) is 55.2 Å². The highest BCUT2D eigenvalue weighted by molar-refractivity contribution is 5.92. The van der Waals surface area contributed by atoms with Gasteiger partial charge in [0.25, 0.3) is 0 Å². The molecule has 3 N–H and O–H groups in total. The van der Waals surface area contributed by atoms with Gasteiger partial charge in [-0.25, -0.2) is 23.7 Å². The molecule has 4 aromatic rings. The molecule has 0 bridgehead atoms. The average Bonchev–Trinajstić information content (AvgIpc) is 3.09. The first-order valence-corrected chi connectivity index (χ1v) is 8.05. The number of nitrogens with zero attached hydrogens (tertiary/aromatic N) is 3. The number of H-pyrrole nitrogens is 1. The van der Waals surface area contributed by atoms with Crippen molar-refractivity contribution in [1.29, 1.82) is 0 Å². The summed E-state index contributed by atoms with van der Waals surface area (Å²) in [5.41, 5.74) is 10.7. The van der Waals surface area contributed by atoms with Gasteiger partial charge in [-0.05, 0) is 30.2 Å². The predicted molar refractivity (Wildman–Crippen MR) is 94.1 cm³/mol. The Bertz CT molecular complexity index is 1060. The number of hydrogen-bond acceptors (Lipinski definition) is 4. The quantitative estimate of drug-likeness (QED) is 0.589. The van der Waals surface area contributed by atoms with Crippen LogP contribution in [-0.2, 0) is 6.42 Å². The average molecular weight is 351 g/mol. The molecule has 0 radical (unpaired) electrons. The van der Waals surface area contributed by atoms with Crippen LogP contribution in [0.25, 0.3) is 22.2 Å². The van der Waals surface area contributed by atoms with E-state index >= 15 is 0 Å². The highest BCUT2D eigenvalue weighted by Crippen LogP contribution is 2.31. The Kier molecular flexibility index (Phi) is 4.14. The minimum absolute atomic E-state index is 0.245. The molecular weight excluding hydrogens is 336 g/mol. The summed E-state index contributed by atoms with van der Waals surface area (Å²) in [6, 6.07) is 8.58. The van der Waals surface area contributed by atoms with Gasteiger partial charge in [-0.1, -0.05) is 12.1 Å². The molecule has 0 saturated heterocycles. The van der Waals surface area contributed by atoms with Crippen LogP contribution in [0.3, 0.4) is 0 Å². The second-order valence-corrected chi connectivity index (χ2v) is 6.01. The monoisotopic (exact) mass is 351 g/mol. The number of benzene rings is 2. The molecule has 5 nitrogen and oxygen atoms in total. The zero-order valence-electron chi connectivity index (χ0n) is 13.7. The summed E-state index contributed by atoms with van der Waals surface area (Å²) in [4.78, 5) is 15.8. The fourth-order valence-corrected chi connectivity index (χ4v) is 3.10. The normalized spacial score (nSPS) is 12.4. The van der Waals surface area contributed by atoms with E-state index in [0.717, 1.165) is 28.2 Å². The summed E-state index contributed by atoms with van der Waals surface area (Å²) < 4.78 is 26.9. The number of imidazole rings is 1. The maximum atomic E-state index is 13.4. The van der Waals surface area contributed by atoms with Crippen molar-refractivity contribution in [2.45, 2.75) is 12.5 Å². The van der Waals surface area contributed by atoms with Crippen LogP contribution >= 0.6 is 0 Å². The SMILES string of the molecule is NC(Cc1cc(F)cc(F)c1)c1ncncc1-c1cccc2[nH]cnc12. The summed E-state index contributed by atoms with van der Waals surface area (Å²) in [5, 5.41) is 0. The molecule has 1 unspecified atom stereocenters. The molecule has 0 amide bonds. The third-order valence-electron chi connectivity index (χ3n) is 4.21. The van der Waals surface area contributed by atoms with E-state index in [1.807, 2.05) is 18.2 Å². The van der Waals surface area contributed by atoms with Crippen molar-refractivity contribution in [2.24, 2.45) is 5.73 Å². The molecule has 0 fully saturated rings. The fraction of sp³-hybridized carbons (Fsp3) is 0.105. The Morgan fingerprint density at radius 2 is 1.85 bits per heavy atom. The van der Waals surface area contributed by atoms with Gasteiger partial charge in [-0.3, -0.25) is 0 Å². The summed E-state index contributed by atoms with van der Waals surface area (Å²) in [7, 11) is 0. The summed E-state index contributed by atoms with van der Waals surface area (Å²) in [6.45, 7) is 0. The van der Waals surface area contributed by atoms with Crippen molar-refractivity contribution in [1.82, 2.24) is 19.9 Å². The molecule has 1 atom stereocenters. The fourth-order valence-electron chi connectivity index (χ4n) is 3.10. The van der Waals surface area contributed by atoms with Gasteiger partial charge in [0, 0.05) is 23.4 Å². The van der Waals surface area contributed by atoms with E-state index < -0.39 is 17.7 Å². The largest absolute Gasteiger partial charge is 0.345 e. The van der Waals surface area contributed by atoms with Gasteiger partial charge >= 0.3 is 0 Å². The molecule has 0 aliphatic carbocycles. The van der Waals surface area contributed by atoms with E-state index in [-0.39, 0.29) is 6.42 Å². The van der Waals surface area contributed by atoms with Crippen LogP contribution in [0.1, 0.15) is 17.3 Å². The number of fused-ring (bicyclic) bond motifs is 1. The zero-order chi connectivity index (χ0) is 18.1. The lowest BCUT2D eigenvalue weighted by atomic mass is 9.96. The maximum Gasteiger partial charge on any atom is 0.126 e. The van der Waals surface area contributed by atoms with Gasteiger partial charge in [0.2, 0.25) is 0 Å². The van der Waals surface area contributed by atoms with Crippen molar-refractivity contribution < 1.29 is 8.78 Å². The van der Waals surface area contributed by atoms with Crippen LogP contribution in [0, 0.1) is 11.6 Å². The first-order valence-electron chi connectivity index (χ1n) is 8.05. The highest BCUT2D eigenvalue weighted by atomic mass is 19.1. The molecule has 2 aromatic heterocycles. The minimum Gasteiger partial charge on any atom is -0.345 e. The molecule has 130 valence electrons. The van der Waals surface area contributed by atoms with Crippen molar-refractivity contribution in [3.05, 3.63) is 78.1 Å². The van der Waals surface area contributed by atoms with E-state index in [4.69, 9.17) is 5.73 Å². The predicted octanol–water partition coefficient (Wildman–Crippen LogP) is 3.54. The Balaban J connectivity index is 1.75. The van der Waals surface area contributed by atoms with Gasteiger partial charge in [-0.2, -0.15) is 0 Å². The molecule has 7 heteroatoms. The number of nitrogens with two attached hydrogens (primary N) is 1. The molecule has 26 heavy (non-hydrogen) atoms. The van der Waals surface area contributed by atoms with E-state index in [1.54, 1.807) is 12.5 Å². The Morgan fingerprint density at radius 1 is 1.04 bits per heavy atom. The van der Waals surface area contributed by atoms with Crippen molar-refractivity contribution in [3.8, 4) is 11.1 Å². The lowest BCUT2D eigenvalue weighted by molar-refractivity contribution is 0.575. The standard InChI is InChI=1S/C19H15F2N5/c20-12-4-11(5-13(21)7-12)6-16(22)18-15(8-23-9-25-18)14-2-1-3-17-19(14)26-10-24-17/h1-5,7-10,16H,6,22H2,(H,24,26). The molecule has 0 aliphatic rings. The maximum absolute atomic E-state index is 13.4. The van der Waals surface area contributed by atoms with Gasteiger partial charge in [0.05, 0.1) is 29.1 Å². The Morgan fingerprint density at radius 3 is 2.65 bits per heavy atom. The van der Waals surface area contributed by atoms with Crippen LogP contribution in [0.4, 0.5) is 8.78 Å². The van der Waals surface area contributed by atoms with Gasteiger partial charge < -0.3 is 10.7 Å². The molecule has 4 rings (SSSR count). The second kappa shape index (κ2) is 6.61. The molecule has 0 aliphatic heterocycles. The smallest absolute Gasteiger partial charge is 0.126 e. The number of rotatable bonds is 4. The highest BCUT2D eigenvalue weighted by Gasteiger charge is 2.18. The summed E-state index contributed by atoms with van der Waals surface area (Å²) in [6.07, 6.45) is 4.95. The zero-order valence-corrected chi connectivity index (χ0v) is 13.7.